The number of fused-ring (bicyclic) bond motifs is 1. The maximum Gasteiger partial charge on any atom is 0.151 e. The van der Waals surface area contributed by atoms with Crippen molar-refractivity contribution in [2.24, 2.45) is 0 Å². The van der Waals surface area contributed by atoms with E-state index in [-0.39, 0.29) is 0 Å². The van der Waals surface area contributed by atoms with Crippen LogP contribution >= 0.6 is 0 Å². The molecule has 1 aliphatic rings. The van der Waals surface area contributed by atoms with Gasteiger partial charge in [-0.2, -0.15) is 0 Å². The van der Waals surface area contributed by atoms with Crippen molar-refractivity contribution in [3.05, 3.63) is 48.4 Å². The van der Waals surface area contributed by atoms with Crippen LogP contribution < -0.4 is 11.1 Å². The number of anilines is 1. The molecule has 0 spiro atoms. The Morgan fingerprint density at radius 3 is 2.82 bits per heavy atom. The van der Waals surface area contributed by atoms with Gasteiger partial charge in [0.1, 0.15) is 11.8 Å². The van der Waals surface area contributed by atoms with E-state index in [4.69, 9.17) is 5.73 Å². The van der Waals surface area contributed by atoms with Crippen molar-refractivity contribution in [2.45, 2.75) is 18.8 Å². The van der Waals surface area contributed by atoms with Gasteiger partial charge in [0.05, 0.1) is 5.52 Å². The first-order valence-corrected chi connectivity index (χ1v) is 7.72. The highest BCUT2D eigenvalue weighted by atomic mass is 15.0. The summed E-state index contributed by atoms with van der Waals surface area (Å²) in [5, 5.41) is 3.48. The fourth-order valence-corrected chi connectivity index (χ4v) is 3.31. The van der Waals surface area contributed by atoms with E-state index in [2.05, 4.69) is 38.2 Å². The molecule has 5 heteroatoms. The molecule has 0 saturated carbocycles. The molecule has 3 heterocycles. The number of piperidine rings is 1. The highest BCUT2D eigenvalue weighted by Gasteiger charge is 2.22. The average Bonchev–Trinajstić information content (AvgIpc) is 2.98. The molecule has 0 amide bonds. The fraction of sp³-hybridized carbons (Fsp3) is 0.294. The second-order valence-electron chi connectivity index (χ2n) is 5.79. The van der Waals surface area contributed by atoms with E-state index in [1.165, 1.54) is 18.4 Å². The van der Waals surface area contributed by atoms with Crippen LogP contribution in [0, 0.1) is 0 Å². The number of hydrogen-bond donors (Lipinski definition) is 2. The molecular weight excluding hydrogens is 274 g/mol. The van der Waals surface area contributed by atoms with Crippen molar-refractivity contribution in [1.29, 1.82) is 0 Å². The van der Waals surface area contributed by atoms with Gasteiger partial charge >= 0.3 is 0 Å². The van der Waals surface area contributed by atoms with Gasteiger partial charge in [0, 0.05) is 29.9 Å². The Morgan fingerprint density at radius 1 is 1.18 bits per heavy atom. The topological polar surface area (TPSA) is 68.8 Å². The van der Waals surface area contributed by atoms with Crippen molar-refractivity contribution in [3.8, 4) is 5.69 Å². The normalized spacial score (nSPS) is 18.6. The van der Waals surface area contributed by atoms with Crippen LogP contribution in [0.15, 0.2) is 42.9 Å². The molecule has 1 saturated heterocycles. The molecule has 1 atom stereocenters. The first-order chi connectivity index (χ1) is 10.8. The Balaban J connectivity index is 1.93. The predicted octanol–water partition coefficient (Wildman–Crippen LogP) is 2.47. The monoisotopic (exact) mass is 293 g/mol. The minimum Gasteiger partial charge on any atom is -0.382 e. The molecule has 112 valence electrons. The van der Waals surface area contributed by atoms with Crippen LogP contribution in [0.4, 0.5) is 5.82 Å². The van der Waals surface area contributed by atoms with Gasteiger partial charge in [-0.25, -0.2) is 9.97 Å². The van der Waals surface area contributed by atoms with Gasteiger partial charge in [0.25, 0.3) is 0 Å². The number of nitrogens with two attached hydrogens (primary N) is 1. The summed E-state index contributed by atoms with van der Waals surface area (Å²) in [7, 11) is 0. The van der Waals surface area contributed by atoms with Crippen LogP contribution in [-0.4, -0.2) is 27.6 Å². The molecule has 1 fully saturated rings. The second-order valence-corrected chi connectivity index (χ2v) is 5.79. The van der Waals surface area contributed by atoms with Crippen molar-refractivity contribution in [2.75, 3.05) is 18.8 Å². The lowest BCUT2D eigenvalue weighted by Crippen LogP contribution is -2.28. The number of para-hydroxylation sites is 1. The van der Waals surface area contributed by atoms with Gasteiger partial charge in [-0.3, -0.25) is 0 Å². The zero-order valence-corrected chi connectivity index (χ0v) is 12.4. The van der Waals surface area contributed by atoms with Gasteiger partial charge in [-0.15, -0.1) is 0 Å². The molecule has 5 nitrogen and oxygen atoms in total. The number of aromatic nitrogens is 3. The van der Waals surface area contributed by atoms with Gasteiger partial charge in [0.2, 0.25) is 0 Å². The van der Waals surface area contributed by atoms with E-state index in [0.717, 1.165) is 29.8 Å². The molecule has 0 radical (unpaired) electrons. The van der Waals surface area contributed by atoms with Gasteiger partial charge < -0.3 is 15.6 Å². The summed E-state index contributed by atoms with van der Waals surface area (Å²) in [5.74, 6) is 1.01. The zero-order valence-electron chi connectivity index (χ0n) is 12.4. The quantitative estimate of drug-likeness (QED) is 0.761. The number of nitrogens with one attached hydrogen (secondary N) is 1. The third-order valence-corrected chi connectivity index (χ3v) is 4.40. The van der Waals surface area contributed by atoms with E-state index in [0.29, 0.717) is 11.7 Å². The molecule has 0 aliphatic carbocycles. The van der Waals surface area contributed by atoms with Gasteiger partial charge in [-0.1, -0.05) is 18.2 Å². The predicted molar refractivity (Wildman–Crippen MR) is 88.1 cm³/mol. The summed E-state index contributed by atoms with van der Waals surface area (Å²) < 4.78 is 2.12. The SMILES string of the molecule is Nc1ncnc2c(C3CCCNC3)cn(-c3ccccc3)c12. The Hall–Kier alpha value is -2.40. The molecule has 3 aromatic rings. The van der Waals surface area contributed by atoms with E-state index in [1.807, 2.05) is 18.2 Å². The highest BCUT2D eigenvalue weighted by molar-refractivity contribution is 5.90. The maximum atomic E-state index is 6.15. The number of nitrogen functional groups attached to an aromatic ring is 1. The molecule has 1 aromatic carbocycles. The molecule has 2 aromatic heterocycles. The minimum atomic E-state index is 0.482. The van der Waals surface area contributed by atoms with Crippen LogP contribution in [-0.2, 0) is 0 Å². The third kappa shape index (κ3) is 2.14. The van der Waals surface area contributed by atoms with E-state index in [1.54, 1.807) is 6.33 Å². The second kappa shape index (κ2) is 5.42. The molecule has 22 heavy (non-hydrogen) atoms. The first kappa shape index (κ1) is 13.3. The lowest BCUT2D eigenvalue weighted by molar-refractivity contribution is 0.463. The van der Waals surface area contributed by atoms with Crippen molar-refractivity contribution in [3.63, 3.8) is 0 Å². The van der Waals surface area contributed by atoms with E-state index >= 15 is 0 Å². The Kier molecular flexibility index (Phi) is 3.27. The summed E-state index contributed by atoms with van der Waals surface area (Å²) in [4.78, 5) is 8.71. The van der Waals surface area contributed by atoms with Gasteiger partial charge in [0.15, 0.2) is 5.82 Å². The first-order valence-electron chi connectivity index (χ1n) is 7.72. The summed E-state index contributed by atoms with van der Waals surface area (Å²) in [6, 6.07) is 10.2. The zero-order chi connectivity index (χ0) is 14.9. The lowest BCUT2D eigenvalue weighted by atomic mass is 9.93. The lowest BCUT2D eigenvalue weighted by Gasteiger charge is -2.22. The fourth-order valence-electron chi connectivity index (χ4n) is 3.31. The van der Waals surface area contributed by atoms with Crippen LogP contribution in [0.3, 0.4) is 0 Å². The van der Waals surface area contributed by atoms with Crippen LogP contribution in [0.2, 0.25) is 0 Å². The van der Waals surface area contributed by atoms with Crippen molar-refractivity contribution < 1.29 is 0 Å². The summed E-state index contributed by atoms with van der Waals surface area (Å²) >= 11 is 0. The standard InChI is InChI=1S/C17H19N5/c18-17-16-15(20-11-21-17)14(12-5-4-8-19-9-12)10-22(16)13-6-2-1-3-7-13/h1-3,6-7,10-12,19H,4-5,8-9H2,(H2,18,20,21). The smallest absolute Gasteiger partial charge is 0.151 e. The summed E-state index contributed by atoms with van der Waals surface area (Å²) in [5.41, 5.74) is 10.4. The van der Waals surface area contributed by atoms with Crippen LogP contribution in [0.1, 0.15) is 24.3 Å². The Morgan fingerprint density at radius 2 is 2.05 bits per heavy atom. The van der Waals surface area contributed by atoms with Crippen molar-refractivity contribution >= 4 is 16.9 Å². The minimum absolute atomic E-state index is 0.482. The van der Waals surface area contributed by atoms with Crippen LogP contribution in [0.5, 0.6) is 0 Å². The average molecular weight is 293 g/mol. The number of benzene rings is 1. The maximum absolute atomic E-state index is 6.15. The molecular formula is C17H19N5. The summed E-state index contributed by atoms with van der Waals surface area (Å²) in [6.07, 6.45) is 6.13. The molecule has 1 aliphatic heterocycles. The van der Waals surface area contributed by atoms with E-state index < -0.39 is 0 Å². The van der Waals surface area contributed by atoms with E-state index in [9.17, 15) is 0 Å². The number of hydrogen-bond acceptors (Lipinski definition) is 4. The number of rotatable bonds is 2. The Labute approximate surface area is 129 Å². The molecule has 0 bridgehead atoms. The molecule has 1 unspecified atom stereocenters. The van der Waals surface area contributed by atoms with Crippen molar-refractivity contribution in [1.82, 2.24) is 19.9 Å². The number of nitrogens with zero attached hydrogens (tertiary/aromatic N) is 3. The summed E-state index contributed by atoms with van der Waals surface area (Å²) in [6.45, 7) is 2.10. The van der Waals surface area contributed by atoms with Crippen LogP contribution in [0.25, 0.3) is 16.7 Å². The molecule has 3 N–H and O–H groups in total. The molecule has 4 rings (SSSR count). The Bertz CT molecular complexity index is 787. The third-order valence-electron chi connectivity index (χ3n) is 4.40. The van der Waals surface area contributed by atoms with Gasteiger partial charge in [-0.05, 0) is 31.5 Å². The highest BCUT2D eigenvalue weighted by Crippen LogP contribution is 2.33. The largest absolute Gasteiger partial charge is 0.382 e.